The van der Waals surface area contributed by atoms with Gasteiger partial charge in [-0.3, -0.25) is 0 Å². The first-order valence-electron chi connectivity index (χ1n) is 6.05. The standard InChI is InChI=1S/C12H12N6OS/c1-7-14-5-3-8(15-7)11-17-12(19-18-11)9-6-20-10(16-9)2-4-13/h3,5-6H,2,4,13H2,1H3. The molecule has 0 amide bonds. The molecule has 0 aliphatic carbocycles. The summed E-state index contributed by atoms with van der Waals surface area (Å²) < 4.78 is 5.23. The summed E-state index contributed by atoms with van der Waals surface area (Å²) in [7, 11) is 0. The van der Waals surface area contributed by atoms with Gasteiger partial charge >= 0.3 is 0 Å². The van der Waals surface area contributed by atoms with E-state index in [4.69, 9.17) is 10.3 Å². The molecule has 0 aliphatic rings. The third-order valence-corrected chi connectivity index (χ3v) is 3.47. The third-order valence-electron chi connectivity index (χ3n) is 2.56. The lowest BCUT2D eigenvalue weighted by molar-refractivity contribution is 0.431. The Labute approximate surface area is 118 Å². The van der Waals surface area contributed by atoms with Crippen molar-refractivity contribution in [1.29, 1.82) is 0 Å². The van der Waals surface area contributed by atoms with Crippen LogP contribution in [0.4, 0.5) is 0 Å². The predicted octanol–water partition coefficient (Wildman–Crippen LogP) is 1.46. The van der Waals surface area contributed by atoms with Crippen LogP contribution in [0.3, 0.4) is 0 Å². The summed E-state index contributed by atoms with van der Waals surface area (Å²) >= 11 is 1.53. The zero-order chi connectivity index (χ0) is 13.9. The van der Waals surface area contributed by atoms with Crippen molar-refractivity contribution in [3.63, 3.8) is 0 Å². The van der Waals surface area contributed by atoms with E-state index in [-0.39, 0.29) is 0 Å². The Kier molecular flexibility index (Phi) is 3.48. The molecule has 7 nitrogen and oxygen atoms in total. The van der Waals surface area contributed by atoms with Crippen LogP contribution in [0, 0.1) is 6.92 Å². The second kappa shape index (κ2) is 5.43. The molecule has 0 unspecified atom stereocenters. The summed E-state index contributed by atoms with van der Waals surface area (Å²) in [6.45, 7) is 2.38. The van der Waals surface area contributed by atoms with Crippen LogP contribution in [0.15, 0.2) is 22.2 Å². The van der Waals surface area contributed by atoms with Crippen molar-refractivity contribution in [1.82, 2.24) is 25.1 Å². The van der Waals surface area contributed by atoms with Gasteiger partial charge in [0.1, 0.15) is 17.2 Å². The molecular weight excluding hydrogens is 276 g/mol. The van der Waals surface area contributed by atoms with Crippen LogP contribution in [-0.2, 0) is 6.42 Å². The van der Waals surface area contributed by atoms with E-state index in [1.54, 1.807) is 12.3 Å². The Morgan fingerprint density at radius 2 is 2.15 bits per heavy atom. The lowest BCUT2D eigenvalue weighted by Gasteiger charge is -1.93. The van der Waals surface area contributed by atoms with Gasteiger partial charge in [0, 0.05) is 18.0 Å². The van der Waals surface area contributed by atoms with Gasteiger partial charge in [-0.1, -0.05) is 5.16 Å². The lowest BCUT2D eigenvalue weighted by Crippen LogP contribution is -2.01. The Morgan fingerprint density at radius 1 is 1.25 bits per heavy atom. The number of thiazole rings is 1. The highest BCUT2D eigenvalue weighted by Gasteiger charge is 2.14. The molecule has 0 fully saturated rings. The van der Waals surface area contributed by atoms with Gasteiger partial charge in [-0.25, -0.2) is 15.0 Å². The molecule has 0 aliphatic heterocycles. The van der Waals surface area contributed by atoms with Gasteiger partial charge in [0.25, 0.3) is 5.89 Å². The maximum atomic E-state index is 5.50. The number of rotatable bonds is 4. The third kappa shape index (κ3) is 2.56. The van der Waals surface area contributed by atoms with Gasteiger partial charge in [0.15, 0.2) is 0 Å². The molecule has 3 rings (SSSR count). The summed E-state index contributed by atoms with van der Waals surface area (Å²) in [5.74, 6) is 1.47. The van der Waals surface area contributed by atoms with Crippen LogP contribution in [0.2, 0.25) is 0 Å². The summed E-state index contributed by atoms with van der Waals surface area (Å²) in [6.07, 6.45) is 2.41. The lowest BCUT2D eigenvalue weighted by atomic mass is 10.4. The fraction of sp³-hybridized carbons (Fsp3) is 0.250. The Hall–Kier alpha value is -2.19. The van der Waals surface area contributed by atoms with E-state index in [0.717, 1.165) is 11.4 Å². The number of aryl methyl sites for hydroxylation is 1. The smallest absolute Gasteiger partial charge is 0.277 e. The molecule has 3 heterocycles. The zero-order valence-electron chi connectivity index (χ0n) is 10.8. The molecule has 0 atom stereocenters. The Bertz CT molecular complexity index is 722. The van der Waals surface area contributed by atoms with Gasteiger partial charge in [0.2, 0.25) is 5.82 Å². The molecule has 0 spiro atoms. The average Bonchev–Trinajstić information content (AvgIpc) is 3.07. The van der Waals surface area contributed by atoms with Crippen molar-refractivity contribution in [2.75, 3.05) is 6.54 Å². The van der Waals surface area contributed by atoms with Crippen molar-refractivity contribution < 1.29 is 4.52 Å². The molecule has 8 heteroatoms. The van der Waals surface area contributed by atoms with Gasteiger partial charge in [-0.15, -0.1) is 11.3 Å². The first kappa shape index (κ1) is 12.8. The molecule has 3 aromatic rings. The quantitative estimate of drug-likeness (QED) is 0.775. The Balaban J connectivity index is 1.89. The number of nitrogens with two attached hydrogens (primary N) is 1. The number of aromatic nitrogens is 5. The summed E-state index contributed by atoms with van der Waals surface area (Å²) in [5.41, 5.74) is 6.80. The van der Waals surface area contributed by atoms with E-state index < -0.39 is 0 Å². The van der Waals surface area contributed by atoms with Crippen molar-refractivity contribution in [2.45, 2.75) is 13.3 Å². The second-order valence-corrected chi connectivity index (χ2v) is 5.02. The summed E-state index contributed by atoms with van der Waals surface area (Å²) in [4.78, 5) is 17.0. The van der Waals surface area contributed by atoms with E-state index in [2.05, 4.69) is 25.1 Å². The predicted molar refractivity (Wildman–Crippen MR) is 73.9 cm³/mol. The molecular formula is C12H12N6OS. The highest BCUT2D eigenvalue weighted by molar-refractivity contribution is 7.09. The van der Waals surface area contributed by atoms with E-state index in [0.29, 0.717) is 35.5 Å². The summed E-state index contributed by atoms with van der Waals surface area (Å²) in [5, 5.41) is 6.76. The minimum atomic E-state index is 0.385. The Morgan fingerprint density at radius 3 is 2.95 bits per heavy atom. The minimum absolute atomic E-state index is 0.385. The van der Waals surface area contributed by atoms with Crippen LogP contribution in [0.1, 0.15) is 10.8 Å². The minimum Gasteiger partial charge on any atom is -0.332 e. The van der Waals surface area contributed by atoms with E-state index in [1.165, 1.54) is 11.3 Å². The molecule has 0 bridgehead atoms. The van der Waals surface area contributed by atoms with Crippen molar-refractivity contribution >= 4 is 11.3 Å². The molecule has 3 aromatic heterocycles. The highest BCUT2D eigenvalue weighted by Crippen LogP contribution is 2.22. The number of nitrogens with zero attached hydrogens (tertiary/aromatic N) is 5. The van der Waals surface area contributed by atoms with Gasteiger partial charge in [-0.05, 0) is 19.5 Å². The average molecular weight is 288 g/mol. The van der Waals surface area contributed by atoms with Crippen LogP contribution >= 0.6 is 11.3 Å². The van der Waals surface area contributed by atoms with Crippen LogP contribution < -0.4 is 5.73 Å². The van der Waals surface area contributed by atoms with E-state index in [1.807, 2.05) is 12.3 Å². The monoisotopic (exact) mass is 288 g/mol. The second-order valence-electron chi connectivity index (χ2n) is 4.08. The first-order chi connectivity index (χ1) is 9.76. The largest absolute Gasteiger partial charge is 0.332 e. The van der Waals surface area contributed by atoms with Crippen LogP contribution in [0.5, 0.6) is 0 Å². The van der Waals surface area contributed by atoms with Crippen molar-refractivity contribution in [3.05, 3.63) is 28.5 Å². The van der Waals surface area contributed by atoms with Crippen LogP contribution in [-0.4, -0.2) is 31.6 Å². The topological polar surface area (TPSA) is 104 Å². The van der Waals surface area contributed by atoms with Crippen molar-refractivity contribution in [3.8, 4) is 23.1 Å². The fourth-order valence-corrected chi connectivity index (χ4v) is 2.45. The summed E-state index contributed by atoms with van der Waals surface area (Å²) in [6, 6.07) is 1.74. The molecule has 0 saturated heterocycles. The van der Waals surface area contributed by atoms with Crippen molar-refractivity contribution in [2.24, 2.45) is 5.73 Å². The maximum Gasteiger partial charge on any atom is 0.277 e. The molecule has 2 N–H and O–H groups in total. The molecule has 0 radical (unpaired) electrons. The first-order valence-corrected chi connectivity index (χ1v) is 6.93. The van der Waals surface area contributed by atoms with Gasteiger partial charge in [-0.2, -0.15) is 4.98 Å². The normalized spacial score (nSPS) is 10.9. The number of hydrogen-bond donors (Lipinski definition) is 1. The van der Waals surface area contributed by atoms with Gasteiger partial charge in [0.05, 0.1) is 5.01 Å². The SMILES string of the molecule is Cc1nccc(-c2noc(-c3csc(CCN)n3)n2)n1. The molecule has 20 heavy (non-hydrogen) atoms. The molecule has 0 saturated carbocycles. The maximum absolute atomic E-state index is 5.50. The van der Waals surface area contributed by atoms with E-state index in [9.17, 15) is 0 Å². The van der Waals surface area contributed by atoms with Crippen LogP contribution in [0.25, 0.3) is 23.1 Å². The van der Waals surface area contributed by atoms with Gasteiger partial charge < -0.3 is 10.3 Å². The molecule has 0 aromatic carbocycles. The fourth-order valence-electron chi connectivity index (χ4n) is 1.66. The zero-order valence-corrected chi connectivity index (χ0v) is 11.6. The highest BCUT2D eigenvalue weighted by atomic mass is 32.1. The van der Waals surface area contributed by atoms with E-state index >= 15 is 0 Å². The molecule has 102 valence electrons. The number of hydrogen-bond acceptors (Lipinski definition) is 8.